The summed E-state index contributed by atoms with van der Waals surface area (Å²) in [5.41, 5.74) is 2.08. The topological polar surface area (TPSA) is 73.4 Å². The number of hydrogen-bond acceptors (Lipinski definition) is 3. The van der Waals surface area contributed by atoms with Crippen molar-refractivity contribution in [3.8, 4) is 0 Å². The number of hydrogen-bond donors (Lipinski definition) is 2. The van der Waals surface area contributed by atoms with E-state index in [9.17, 15) is 14.7 Å². The molecule has 5 heteroatoms. The molecule has 0 saturated carbocycles. The number of carbonyl (C=O) groups is 2. The van der Waals surface area contributed by atoms with Crippen LogP contribution in [0.3, 0.4) is 0 Å². The minimum atomic E-state index is -0.703. The minimum absolute atomic E-state index is 0.0229. The zero-order valence-corrected chi connectivity index (χ0v) is 14.5. The van der Waals surface area contributed by atoms with E-state index in [0.29, 0.717) is 6.54 Å². The second-order valence-corrected chi connectivity index (χ2v) is 8.09. The summed E-state index contributed by atoms with van der Waals surface area (Å²) in [5, 5.41) is 12.3. The maximum Gasteiger partial charge on any atom is 0.261 e. The Labute approximate surface area is 145 Å². The Balaban J connectivity index is 1.92. The van der Waals surface area contributed by atoms with Crippen LogP contribution < -0.4 is 0 Å². The van der Waals surface area contributed by atoms with Gasteiger partial charge in [0.15, 0.2) is 5.78 Å². The molecule has 1 saturated heterocycles. The van der Waals surface area contributed by atoms with Gasteiger partial charge in [-0.3, -0.25) is 9.59 Å². The number of Topliss-reactive ketones (excluding diaryl/α,β-unsaturated/α-hetero) is 1. The van der Waals surface area contributed by atoms with Crippen LogP contribution >= 0.6 is 0 Å². The van der Waals surface area contributed by atoms with E-state index in [1.165, 1.54) is 12.5 Å². The summed E-state index contributed by atoms with van der Waals surface area (Å²) >= 11 is 0. The Morgan fingerprint density at radius 3 is 2.84 bits per heavy atom. The quantitative estimate of drug-likeness (QED) is 0.786. The second kappa shape index (κ2) is 4.15. The van der Waals surface area contributed by atoms with Crippen LogP contribution in [0.4, 0.5) is 0 Å². The Kier molecular flexibility index (Phi) is 2.45. The van der Waals surface area contributed by atoms with Gasteiger partial charge in [0.1, 0.15) is 11.3 Å². The summed E-state index contributed by atoms with van der Waals surface area (Å²) in [5.74, 6) is -0.721. The smallest absolute Gasteiger partial charge is 0.261 e. The standard InChI is InChI=1S/C20H20N2O3/c1-10(23)15-17(24)20-9-22(18(15)25)19(2,3)14(20)7-11-5-4-6-13-16(11)12(20)8-21-13/h4-6,8,14,21,24H,7,9H2,1-3H3. The Bertz CT molecular complexity index is 1010. The SMILES string of the molecule is CC(=O)C1=C(O)C23CN(C1=O)C(C)(C)C2Cc1cccc2[nH]cc3c12. The molecule has 1 aliphatic carbocycles. The molecular formula is C20H20N2O3. The zero-order valence-electron chi connectivity index (χ0n) is 14.5. The van der Waals surface area contributed by atoms with Gasteiger partial charge in [0.05, 0.1) is 5.41 Å². The van der Waals surface area contributed by atoms with Crippen LogP contribution in [0.5, 0.6) is 0 Å². The molecule has 5 rings (SSSR count). The van der Waals surface area contributed by atoms with Crippen LogP contribution in [-0.2, 0) is 21.4 Å². The number of benzene rings is 1. The van der Waals surface area contributed by atoms with Crippen LogP contribution in [0.25, 0.3) is 10.9 Å². The molecule has 2 bridgehead atoms. The van der Waals surface area contributed by atoms with Crippen molar-refractivity contribution >= 4 is 22.6 Å². The van der Waals surface area contributed by atoms with E-state index in [0.717, 1.165) is 22.9 Å². The third-order valence-electron chi connectivity index (χ3n) is 6.72. The molecule has 2 atom stereocenters. The molecule has 2 aliphatic heterocycles. The van der Waals surface area contributed by atoms with Gasteiger partial charge in [0.25, 0.3) is 5.91 Å². The van der Waals surface area contributed by atoms with E-state index in [1.54, 1.807) is 4.90 Å². The predicted molar refractivity (Wildman–Crippen MR) is 93.3 cm³/mol. The molecule has 2 aromatic rings. The highest BCUT2D eigenvalue weighted by molar-refractivity contribution is 6.20. The summed E-state index contributed by atoms with van der Waals surface area (Å²) in [6.45, 7) is 5.88. The Morgan fingerprint density at radius 1 is 1.36 bits per heavy atom. The summed E-state index contributed by atoms with van der Waals surface area (Å²) in [6.07, 6.45) is 2.72. The van der Waals surface area contributed by atoms with Crippen molar-refractivity contribution in [2.24, 2.45) is 5.92 Å². The van der Waals surface area contributed by atoms with E-state index >= 15 is 0 Å². The molecule has 1 aromatic heterocycles. The number of amides is 1. The van der Waals surface area contributed by atoms with Crippen molar-refractivity contribution in [1.82, 2.24) is 9.88 Å². The van der Waals surface area contributed by atoms with Crippen molar-refractivity contribution in [2.45, 2.75) is 38.1 Å². The second-order valence-electron chi connectivity index (χ2n) is 8.09. The average molecular weight is 336 g/mol. The lowest BCUT2D eigenvalue weighted by atomic mass is 9.60. The van der Waals surface area contributed by atoms with Gasteiger partial charge in [0, 0.05) is 35.1 Å². The molecule has 2 N–H and O–H groups in total. The lowest BCUT2D eigenvalue weighted by molar-refractivity contribution is -0.133. The maximum atomic E-state index is 12.9. The van der Waals surface area contributed by atoms with E-state index in [-0.39, 0.29) is 28.9 Å². The number of ketones is 1. The van der Waals surface area contributed by atoms with Gasteiger partial charge in [-0.1, -0.05) is 12.1 Å². The van der Waals surface area contributed by atoms with Gasteiger partial charge in [0.2, 0.25) is 0 Å². The van der Waals surface area contributed by atoms with Crippen molar-refractivity contribution < 1.29 is 14.7 Å². The van der Waals surface area contributed by atoms with Gasteiger partial charge in [-0.25, -0.2) is 0 Å². The average Bonchev–Trinajstić information content (AvgIpc) is 3.06. The van der Waals surface area contributed by atoms with Crippen molar-refractivity contribution in [1.29, 1.82) is 0 Å². The fourth-order valence-corrected chi connectivity index (χ4v) is 5.53. The summed E-state index contributed by atoms with van der Waals surface area (Å²) in [7, 11) is 0. The third-order valence-corrected chi connectivity index (χ3v) is 6.72. The highest BCUT2D eigenvalue weighted by atomic mass is 16.3. The van der Waals surface area contributed by atoms with Gasteiger partial charge in [-0.15, -0.1) is 0 Å². The van der Waals surface area contributed by atoms with Crippen LogP contribution in [-0.4, -0.2) is 38.8 Å². The molecule has 2 unspecified atom stereocenters. The molecule has 1 fully saturated rings. The number of aliphatic hydroxyl groups is 1. The fraction of sp³-hybridized carbons (Fsp3) is 0.400. The Morgan fingerprint density at radius 2 is 2.12 bits per heavy atom. The van der Waals surface area contributed by atoms with E-state index in [1.807, 2.05) is 32.2 Å². The van der Waals surface area contributed by atoms with E-state index in [2.05, 4.69) is 11.1 Å². The van der Waals surface area contributed by atoms with E-state index in [4.69, 9.17) is 0 Å². The predicted octanol–water partition coefficient (Wildman–Crippen LogP) is 2.61. The minimum Gasteiger partial charge on any atom is -0.510 e. The largest absolute Gasteiger partial charge is 0.510 e. The molecule has 128 valence electrons. The molecular weight excluding hydrogens is 316 g/mol. The lowest BCUT2D eigenvalue weighted by Crippen LogP contribution is -2.48. The van der Waals surface area contributed by atoms with Gasteiger partial charge >= 0.3 is 0 Å². The molecule has 1 spiro atoms. The van der Waals surface area contributed by atoms with Gasteiger partial charge < -0.3 is 15.0 Å². The van der Waals surface area contributed by atoms with Crippen molar-refractivity contribution in [3.63, 3.8) is 0 Å². The number of fused-ring (bicyclic) bond motifs is 1. The Hall–Kier alpha value is -2.56. The molecule has 0 radical (unpaired) electrons. The first-order valence-corrected chi connectivity index (χ1v) is 8.66. The maximum absolute atomic E-state index is 12.9. The third kappa shape index (κ3) is 1.42. The molecule has 25 heavy (non-hydrogen) atoms. The summed E-state index contributed by atoms with van der Waals surface area (Å²) in [4.78, 5) is 30.2. The van der Waals surface area contributed by atoms with Gasteiger partial charge in [-0.2, -0.15) is 0 Å². The molecule has 5 nitrogen and oxygen atoms in total. The summed E-state index contributed by atoms with van der Waals surface area (Å²) < 4.78 is 0. The van der Waals surface area contributed by atoms with Gasteiger partial charge in [-0.05, 0) is 44.4 Å². The zero-order chi connectivity index (χ0) is 17.7. The van der Waals surface area contributed by atoms with Crippen molar-refractivity contribution in [3.05, 3.63) is 46.9 Å². The van der Waals surface area contributed by atoms with Crippen molar-refractivity contribution in [2.75, 3.05) is 6.54 Å². The number of nitrogens with zero attached hydrogens (tertiary/aromatic N) is 1. The van der Waals surface area contributed by atoms with Crippen LogP contribution in [0.15, 0.2) is 35.7 Å². The molecule has 3 heterocycles. The first-order chi connectivity index (χ1) is 11.8. The van der Waals surface area contributed by atoms with Crippen LogP contribution in [0.1, 0.15) is 31.9 Å². The summed E-state index contributed by atoms with van der Waals surface area (Å²) in [6, 6.07) is 6.18. The number of rotatable bonds is 1. The van der Waals surface area contributed by atoms with Crippen LogP contribution in [0, 0.1) is 5.92 Å². The van der Waals surface area contributed by atoms with E-state index < -0.39 is 11.0 Å². The lowest BCUT2D eigenvalue weighted by Gasteiger charge is -2.41. The number of aromatic amines is 1. The number of aliphatic hydroxyl groups excluding tert-OH is 1. The molecule has 1 aromatic carbocycles. The fourth-order valence-electron chi connectivity index (χ4n) is 5.53. The normalized spacial score (nSPS) is 29.3. The highest BCUT2D eigenvalue weighted by Crippen LogP contribution is 2.60. The first kappa shape index (κ1) is 14.8. The molecule has 1 amide bonds. The highest BCUT2D eigenvalue weighted by Gasteiger charge is 2.66. The number of carbonyl (C=O) groups excluding carboxylic acids is 2. The monoisotopic (exact) mass is 336 g/mol. The number of nitrogens with one attached hydrogen (secondary N) is 1. The first-order valence-electron chi connectivity index (χ1n) is 8.66. The number of aromatic nitrogens is 1. The number of H-pyrrole nitrogens is 1. The molecule has 3 aliphatic rings. The van der Waals surface area contributed by atoms with Crippen LogP contribution in [0.2, 0.25) is 0 Å².